The van der Waals surface area contributed by atoms with Gasteiger partial charge in [-0.3, -0.25) is 4.79 Å². The first-order chi connectivity index (χ1) is 8.38. The number of carbonyl (C=O) groups excluding carboxylic acids is 1. The molecule has 0 fully saturated rings. The Labute approximate surface area is 115 Å². The second-order valence-electron chi connectivity index (χ2n) is 3.63. The molecule has 0 saturated heterocycles. The Morgan fingerprint density at radius 3 is 2.72 bits per heavy atom. The van der Waals surface area contributed by atoms with Gasteiger partial charge in [-0.05, 0) is 12.5 Å². The van der Waals surface area contributed by atoms with Crippen molar-refractivity contribution in [2.24, 2.45) is 0 Å². The zero-order valence-electron chi connectivity index (χ0n) is 9.97. The first-order valence-electron chi connectivity index (χ1n) is 5.21. The summed E-state index contributed by atoms with van der Waals surface area (Å²) in [5.41, 5.74) is 0.286. The summed E-state index contributed by atoms with van der Waals surface area (Å²) in [5.74, 6) is -0.332. The van der Waals surface area contributed by atoms with E-state index in [4.69, 9.17) is 15.4 Å². The number of hydrogen-bond donors (Lipinski definition) is 1. The molecule has 0 aliphatic rings. The Morgan fingerprint density at radius 1 is 1.61 bits per heavy atom. The topological polar surface area (TPSA) is 72.5 Å². The lowest BCUT2D eigenvalue weighted by Gasteiger charge is -2.15. The Kier molecular flexibility index (Phi) is 5.58. The smallest absolute Gasteiger partial charge is 0.270 e. The van der Waals surface area contributed by atoms with E-state index in [-0.39, 0.29) is 21.7 Å². The number of ether oxygens (including phenoxy) is 1. The van der Waals surface area contributed by atoms with Crippen LogP contribution in [0, 0.1) is 0 Å². The summed E-state index contributed by atoms with van der Waals surface area (Å²) in [7, 11) is 2.97. The van der Waals surface area contributed by atoms with Crippen LogP contribution < -0.4 is 5.32 Å². The third-order valence-electron chi connectivity index (χ3n) is 2.27. The van der Waals surface area contributed by atoms with Crippen LogP contribution in [0.2, 0.25) is 0 Å². The van der Waals surface area contributed by atoms with Gasteiger partial charge in [-0.2, -0.15) is 0 Å². The second kappa shape index (κ2) is 6.51. The van der Waals surface area contributed by atoms with Crippen molar-refractivity contribution < 1.29 is 17.9 Å². The molecule has 102 valence electrons. The number of amides is 1. The maximum Gasteiger partial charge on any atom is 0.270 e. The molecule has 8 heteroatoms. The summed E-state index contributed by atoms with van der Waals surface area (Å²) < 4.78 is 27.1. The quantitative estimate of drug-likeness (QED) is 0.814. The summed E-state index contributed by atoms with van der Waals surface area (Å²) >= 11 is 0.921. The van der Waals surface area contributed by atoms with Crippen LogP contribution in [0.1, 0.15) is 23.7 Å². The minimum atomic E-state index is -3.77. The summed E-state index contributed by atoms with van der Waals surface area (Å²) in [6.45, 7) is 2.33. The molecule has 1 rings (SSSR count). The third-order valence-corrected chi connectivity index (χ3v) is 5.31. The molecule has 0 radical (unpaired) electrons. The van der Waals surface area contributed by atoms with Gasteiger partial charge in [-0.1, -0.05) is 6.92 Å². The van der Waals surface area contributed by atoms with Crippen molar-refractivity contribution in [3.05, 3.63) is 17.0 Å². The fraction of sp³-hybridized carbons (Fsp3) is 0.500. The van der Waals surface area contributed by atoms with Gasteiger partial charge in [-0.25, -0.2) is 8.42 Å². The highest BCUT2D eigenvalue weighted by molar-refractivity contribution is 8.15. The SMILES string of the molecule is CCC(COC)NC(=O)c1csc(S(=O)(=O)Cl)c1. The van der Waals surface area contributed by atoms with Gasteiger partial charge in [0, 0.05) is 23.2 Å². The van der Waals surface area contributed by atoms with Crippen LogP contribution in [-0.2, 0) is 13.8 Å². The summed E-state index contributed by atoms with van der Waals surface area (Å²) in [4.78, 5) is 11.8. The maximum atomic E-state index is 11.8. The van der Waals surface area contributed by atoms with Gasteiger partial charge in [0.2, 0.25) is 0 Å². The van der Waals surface area contributed by atoms with Crippen LogP contribution in [0.15, 0.2) is 15.7 Å². The molecule has 5 nitrogen and oxygen atoms in total. The molecule has 1 aromatic rings. The minimum Gasteiger partial charge on any atom is -0.383 e. The molecule has 1 atom stereocenters. The number of methoxy groups -OCH3 is 1. The largest absolute Gasteiger partial charge is 0.383 e. The van der Waals surface area contributed by atoms with Gasteiger partial charge in [0.15, 0.2) is 0 Å². The molecule has 0 spiro atoms. The fourth-order valence-electron chi connectivity index (χ4n) is 1.29. The maximum absolute atomic E-state index is 11.8. The average molecular weight is 312 g/mol. The molecule has 0 saturated carbocycles. The normalized spacial score (nSPS) is 13.3. The van der Waals surface area contributed by atoms with Gasteiger partial charge < -0.3 is 10.1 Å². The number of halogens is 1. The Bertz CT molecular complexity index is 512. The van der Waals surface area contributed by atoms with Crippen molar-refractivity contribution in [3.8, 4) is 0 Å². The van der Waals surface area contributed by atoms with Gasteiger partial charge in [0.25, 0.3) is 15.0 Å². The number of hydrogen-bond acceptors (Lipinski definition) is 5. The standard InChI is InChI=1S/C10H14ClNO4S2/c1-3-8(5-16-2)12-10(13)7-4-9(17-6-7)18(11,14)15/h4,6,8H,3,5H2,1-2H3,(H,12,13). The highest BCUT2D eigenvalue weighted by Crippen LogP contribution is 2.23. The van der Waals surface area contributed by atoms with E-state index < -0.39 is 9.05 Å². The molecule has 0 bridgehead atoms. The molecule has 1 heterocycles. The first-order valence-corrected chi connectivity index (χ1v) is 8.40. The average Bonchev–Trinajstić information content (AvgIpc) is 2.77. The van der Waals surface area contributed by atoms with Crippen molar-refractivity contribution in [1.29, 1.82) is 0 Å². The van der Waals surface area contributed by atoms with E-state index in [9.17, 15) is 13.2 Å². The van der Waals surface area contributed by atoms with Gasteiger partial charge >= 0.3 is 0 Å². The number of thiophene rings is 1. The van der Waals surface area contributed by atoms with Crippen LogP contribution in [0.5, 0.6) is 0 Å². The third kappa shape index (κ3) is 4.24. The molecular weight excluding hydrogens is 298 g/mol. The summed E-state index contributed by atoms with van der Waals surface area (Å²) in [5, 5.41) is 4.22. The van der Waals surface area contributed by atoms with Gasteiger partial charge in [-0.15, -0.1) is 11.3 Å². The monoisotopic (exact) mass is 311 g/mol. The van der Waals surface area contributed by atoms with Crippen molar-refractivity contribution in [2.75, 3.05) is 13.7 Å². The second-order valence-corrected chi connectivity index (χ2v) is 7.33. The lowest BCUT2D eigenvalue weighted by atomic mass is 10.2. The molecule has 0 aliphatic carbocycles. The van der Waals surface area contributed by atoms with Crippen molar-refractivity contribution in [2.45, 2.75) is 23.6 Å². The Hall–Kier alpha value is -0.630. The highest BCUT2D eigenvalue weighted by Gasteiger charge is 2.18. The molecule has 0 aliphatic heterocycles. The van der Waals surface area contributed by atoms with E-state index in [1.165, 1.54) is 11.4 Å². The molecule has 18 heavy (non-hydrogen) atoms. The summed E-state index contributed by atoms with van der Waals surface area (Å²) in [6.07, 6.45) is 0.727. The molecule has 1 aromatic heterocycles. The lowest BCUT2D eigenvalue weighted by Crippen LogP contribution is -2.37. The molecule has 1 unspecified atom stereocenters. The van der Waals surface area contributed by atoms with Crippen molar-refractivity contribution >= 4 is 37.0 Å². The van der Waals surface area contributed by atoms with Crippen molar-refractivity contribution in [1.82, 2.24) is 5.32 Å². The Morgan fingerprint density at radius 2 is 2.28 bits per heavy atom. The lowest BCUT2D eigenvalue weighted by molar-refractivity contribution is 0.0895. The first kappa shape index (κ1) is 15.4. The van der Waals surface area contributed by atoms with Crippen molar-refractivity contribution in [3.63, 3.8) is 0 Å². The van der Waals surface area contributed by atoms with E-state index in [0.717, 1.165) is 17.8 Å². The van der Waals surface area contributed by atoms with Crippen LogP contribution in [0.4, 0.5) is 0 Å². The van der Waals surface area contributed by atoms with E-state index in [0.29, 0.717) is 6.61 Å². The number of carbonyl (C=O) groups is 1. The molecule has 1 N–H and O–H groups in total. The molecular formula is C10H14ClNO4S2. The van der Waals surface area contributed by atoms with E-state index >= 15 is 0 Å². The van der Waals surface area contributed by atoms with Crippen LogP contribution in [0.3, 0.4) is 0 Å². The zero-order chi connectivity index (χ0) is 13.8. The van der Waals surface area contributed by atoms with E-state index in [1.54, 1.807) is 7.11 Å². The minimum absolute atomic E-state index is 0.0332. The fourth-order valence-corrected chi connectivity index (χ4v) is 3.24. The van der Waals surface area contributed by atoms with Gasteiger partial charge in [0.1, 0.15) is 4.21 Å². The van der Waals surface area contributed by atoms with Crippen LogP contribution >= 0.6 is 22.0 Å². The molecule has 1 amide bonds. The predicted octanol–water partition coefficient (Wildman–Crippen LogP) is 1.83. The van der Waals surface area contributed by atoms with E-state index in [1.807, 2.05) is 6.92 Å². The summed E-state index contributed by atoms with van der Waals surface area (Å²) in [6, 6.07) is 1.17. The van der Waals surface area contributed by atoms with E-state index in [2.05, 4.69) is 5.32 Å². The molecule has 0 aromatic carbocycles. The van der Waals surface area contributed by atoms with Crippen LogP contribution in [0.25, 0.3) is 0 Å². The van der Waals surface area contributed by atoms with Gasteiger partial charge in [0.05, 0.1) is 18.2 Å². The Balaban J connectivity index is 2.76. The predicted molar refractivity (Wildman–Crippen MR) is 70.8 cm³/mol. The highest BCUT2D eigenvalue weighted by atomic mass is 35.7. The number of rotatable bonds is 6. The van der Waals surface area contributed by atoms with Crippen LogP contribution in [-0.4, -0.2) is 34.1 Å². The zero-order valence-corrected chi connectivity index (χ0v) is 12.4. The number of nitrogens with one attached hydrogen (secondary N) is 1.